The lowest BCUT2D eigenvalue weighted by atomic mass is 10.1. The Kier molecular flexibility index (Phi) is 6.23. The molecule has 3 N–H and O–H groups in total. The maximum Gasteiger partial charge on any atom is 0.258 e. The number of sulfonamides is 1. The fraction of sp³-hybridized carbons (Fsp3) is 0.316. The van der Waals surface area contributed by atoms with Crippen LogP contribution in [0.2, 0.25) is 5.02 Å². The summed E-state index contributed by atoms with van der Waals surface area (Å²) in [7, 11) is -0.473. The molecule has 2 aromatic rings. The second-order valence-corrected chi connectivity index (χ2v) is 9.35. The number of rotatable bonds is 7. The van der Waals surface area contributed by atoms with Gasteiger partial charge in [0.25, 0.3) is 5.91 Å². The van der Waals surface area contributed by atoms with E-state index in [0.29, 0.717) is 12.1 Å². The van der Waals surface area contributed by atoms with Gasteiger partial charge in [0, 0.05) is 37.8 Å². The van der Waals surface area contributed by atoms with Gasteiger partial charge in [-0.05, 0) is 31.8 Å². The van der Waals surface area contributed by atoms with Crippen LogP contribution in [-0.4, -0.2) is 61.5 Å². The van der Waals surface area contributed by atoms with Crippen molar-refractivity contribution in [3.63, 3.8) is 0 Å². The minimum atomic E-state index is -4.05. The average molecular weight is 458 g/mol. The first-order valence-electron chi connectivity index (χ1n) is 8.96. The van der Waals surface area contributed by atoms with Crippen molar-refractivity contribution < 1.29 is 27.8 Å². The first kappa shape index (κ1) is 22.3. The van der Waals surface area contributed by atoms with Gasteiger partial charge in [-0.1, -0.05) is 17.7 Å². The van der Waals surface area contributed by atoms with E-state index in [1.54, 1.807) is 19.0 Å². The van der Waals surface area contributed by atoms with Crippen molar-refractivity contribution >= 4 is 27.5 Å². The normalized spacial score (nSPS) is 13.9. The summed E-state index contributed by atoms with van der Waals surface area (Å²) in [5.41, 5.74) is 0.344. The van der Waals surface area contributed by atoms with Crippen LogP contribution < -0.4 is 4.72 Å². The number of hydrogen-bond donors (Lipinski definition) is 3. The first-order valence-corrected chi connectivity index (χ1v) is 10.8. The molecule has 0 fully saturated rings. The van der Waals surface area contributed by atoms with Crippen LogP contribution in [0.15, 0.2) is 29.2 Å². The van der Waals surface area contributed by atoms with Gasteiger partial charge in [0.2, 0.25) is 10.0 Å². The van der Waals surface area contributed by atoms with E-state index in [1.165, 1.54) is 23.1 Å². The predicted octanol–water partition coefficient (Wildman–Crippen LogP) is 1.89. The van der Waals surface area contributed by atoms with Crippen molar-refractivity contribution in [2.24, 2.45) is 0 Å². The van der Waals surface area contributed by atoms with Gasteiger partial charge in [0.1, 0.15) is 5.82 Å². The van der Waals surface area contributed by atoms with E-state index in [9.17, 15) is 27.8 Å². The van der Waals surface area contributed by atoms with Gasteiger partial charge < -0.3 is 20.0 Å². The molecule has 0 radical (unpaired) electrons. The van der Waals surface area contributed by atoms with Gasteiger partial charge in [-0.2, -0.15) is 0 Å². The van der Waals surface area contributed by atoms with Crippen LogP contribution >= 0.6 is 11.6 Å². The molecule has 1 heterocycles. The lowest BCUT2D eigenvalue weighted by molar-refractivity contribution is 0.0764. The number of benzene rings is 2. The summed E-state index contributed by atoms with van der Waals surface area (Å²) in [5, 5.41) is 20.1. The molecule has 0 saturated heterocycles. The number of fused-ring (bicyclic) bond motifs is 1. The SMILES string of the molecule is CN(C)CCNS(=O)(=O)c1cc(O)c(O)c2c1CN(Cc1ccc(F)c(Cl)c1)C2=O. The minimum absolute atomic E-state index is 0.0151. The van der Waals surface area contributed by atoms with E-state index in [2.05, 4.69) is 4.72 Å². The number of amides is 1. The van der Waals surface area contributed by atoms with Crippen LogP contribution in [0.3, 0.4) is 0 Å². The summed E-state index contributed by atoms with van der Waals surface area (Å²) in [6.45, 7) is 0.474. The second kappa shape index (κ2) is 8.38. The lowest BCUT2D eigenvalue weighted by Crippen LogP contribution is -2.32. The molecule has 0 spiro atoms. The third-order valence-electron chi connectivity index (χ3n) is 4.69. The Morgan fingerprint density at radius 1 is 1.27 bits per heavy atom. The van der Waals surface area contributed by atoms with Crippen molar-refractivity contribution in [1.29, 1.82) is 0 Å². The predicted molar refractivity (Wildman–Crippen MR) is 109 cm³/mol. The van der Waals surface area contributed by atoms with Gasteiger partial charge >= 0.3 is 0 Å². The maximum atomic E-state index is 13.4. The molecule has 1 aliphatic heterocycles. The Hall–Kier alpha value is -2.40. The van der Waals surface area contributed by atoms with E-state index in [0.717, 1.165) is 6.07 Å². The van der Waals surface area contributed by atoms with Gasteiger partial charge in [0.15, 0.2) is 11.5 Å². The van der Waals surface area contributed by atoms with Gasteiger partial charge in [-0.25, -0.2) is 17.5 Å². The van der Waals surface area contributed by atoms with E-state index in [-0.39, 0.29) is 40.7 Å². The number of nitrogens with one attached hydrogen (secondary N) is 1. The minimum Gasteiger partial charge on any atom is -0.504 e. The maximum absolute atomic E-state index is 13.4. The van der Waals surface area contributed by atoms with Crippen LogP contribution in [0.5, 0.6) is 11.5 Å². The molecule has 30 heavy (non-hydrogen) atoms. The average Bonchev–Trinajstić information content (AvgIpc) is 2.97. The molecule has 0 aromatic heterocycles. The number of phenolic OH excluding ortho intramolecular Hbond substituents is 2. The molecule has 3 rings (SSSR count). The number of nitrogens with zero attached hydrogens (tertiary/aromatic N) is 2. The standard InChI is InChI=1S/C19H21ClFN3O5S/c1-23(2)6-5-22-30(28,29)16-8-15(25)18(26)17-12(16)10-24(19(17)27)9-11-3-4-14(21)13(20)7-11/h3-4,7-8,22,25-26H,5-6,9-10H2,1-2H3. The summed E-state index contributed by atoms with van der Waals surface area (Å²) in [4.78, 5) is 15.6. The summed E-state index contributed by atoms with van der Waals surface area (Å²) in [6.07, 6.45) is 0. The van der Waals surface area contributed by atoms with E-state index in [4.69, 9.17) is 11.6 Å². The number of phenols is 2. The van der Waals surface area contributed by atoms with E-state index in [1.807, 2.05) is 0 Å². The Morgan fingerprint density at radius 2 is 1.97 bits per heavy atom. The Bertz CT molecular complexity index is 1110. The number of halogens is 2. The molecule has 0 bridgehead atoms. The largest absolute Gasteiger partial charge is 0.504 e. The van der Waals surface area contributed by atoms with Gasteiger partial charge in [-0.3, -0.25) is 4.79 Å². The molecule has 1 amide bonds. The second-order valence-electron chi connectivity index (χ2n) is 7.21. The Morgan fingerprint density at radius 3 is 2.60 bits per heavy atom. The number of carbonyl (C=O) groups is 1. The zero-order valence-corrected chi connectivity index (χ0v) is 17.9. The Balaban J connectivity index is 1.94. The van der Waals surface area contributed by atoms with Crippen molar-refractivity contribution in [3.05, 3.63) is 51.8 Å². The highest BCUT2D eigenvalue weighted by molar-refractivity contribution is 7.89. The first-order chi connectivity index (χ1) is 14.0. The summed E-state index contributed by atoms with van der Waals surface area (Å²) < 4.78 is 41.4. The van der Waals surface area contributed by atoms with Crippen molar-refractivity contribution in [1.82, 2.24) is 14.5 Å². The number of hydrogen-bond acceptors (Lipinski definition) is 6. The summed E-state index contributed by atoms with van der Waals surface area (Å²) in [6, 6.07) is 4.91. The zero-order valence-electron chi connectivity index (χ0n) is 16.3. The summed E-state index contributed by atoms with van der Waals surface area (Å²) in [5.74, 6) is -2.64. The molecule has 0 atom stereocenters. The van der Waals surface area contributed by atoms with Crippen molar-refractivity contribution in [2.75, 3.05) is 27.2 Å². The topological polar surface area (TPSA) is 110 Å². The van der Waals surface area contributed by atoms with Crippen LogP contribution in [0.4, 0.5) is 4.39 Å². The van der Waals surface area contributed by atoms with Gasteiger partial charge in [0.05, 0.1) is 15.5 Å². The third-order valence-corrected chi connectivity index (χ3v) is 6.51. The number of likely N-dealkylation sites (N-methyl/N-ethyl adjacent to an activating group) is 1. The lowest BCUT2D eigenvalue weighted by Gasteiger charge is -2.16. The van der Waals surface area contributed by atoms with Crippen LogP contribution in [-0.2, 0) is 23.1 Å². The molecule has 1 aliphatic rings. The summed E-state index contributed by atoms with van der Waals surface area (Å²) >= 11 is 5.78. The van der Waals surface area contributed by atoms with Crippen LogP contribution in [0.1, 0.15) is 21.5 Å². The highest BCUT2D eigenvalue weighted by atomic mass is 35.5. The van der Waals surface area contributed by atoms with E-state index >= 15 is 0 Å². The molecular formula is C19H21ClFN3O5S. The molecular weight excluding hydrogens is 437 g/mol. The number of aromatic hydroxyl groups is 2. The van der Waals surface area contributed by atoms with Crippen LogP contribution in [0.25, 0.3) is 0 Å². The molecule has 2 aromatic carbocycles. The van der Waals surface area contributed by atoms with Gasteiger partial charge in [-0.15, -0.1) is 0 Å². The highest BCUT2D eigenvalue weighted by Crippen LogP contribution is 2.41. The highest BCUT2D eigenvalue weighted by Gasteiger charge is 2.37. The molecule has 0 saturated carbocycles. The monoisotopic (exact) mass is 457 g/mol. The van der Waals surface area contributed by atoms with Crippen molar-refractivity contribution in [3.8, 4) is 11.5 Å². The third kappa shape index (κ3) is 4.36. The molecule has 11 heteroatoms. The van der Waals surface area contributed by atoms with Crippen molar-refractivity contribution in [2.45, 2.75) is 18.0 Å². The molecule has 0 unspecified atom stereocenters. The molecule has 0 aliphatic carbocycles. The number of carbonyl (C=O) groups excluding carboxylic acids is 1. The molecule has 162 valence electrons. The van der Waals surface area contributed by atoms with Crippen LogP contribution in [0, 0.1) is 5.82 Å². The zero-order chi connectivity index (χ0) is 22.2. The molecule has 8 nitrogen and oxygen atoms in total. The van der Waals surface area contributed by atoms with E-state index < -0.39 is 33.2 Å². The fourth-order valence-corrected chi connectivity index (χ4v) is 4.67. The quantitative estimate of drug-likeness (QED) is 0.548. The smallest absolute Gasteiger partial charge is 0.258 e. The Labute approximate surface area is 178 Å². The fourth-order valence-electron chi connectivity index (χ4n) is 3.19.